The average molecular weight is 265 g/mol. The molecule has 0 saturated carbocycles. The Morgan fingerprint density at radius 3 is 2.17 bits per heavy atom. The lowest BCUT2D eigenvalue weighted by atomic mass is 9.94. The summed E-state index contributed by atoms with van der Waals surface area (Å²) in [5.74, 6) is -1.56. The third-order valence-corrected chi connectivity index (χ3v) is 2.73. The van der Waals surface area contributed by atoms with Crippen molar-refractivity contribution in [3.05, 3.63) is 35.1 Å². The quantitative estimate of drug-likeness (QED) is 0.825. The summed E-state index contributed by atoms with van der Waals surface area (Å²) in [4.78, 5) is 0. The number of benzene rings is 1. The van der Waals surface area contributed by atoms with Crippen molar-refractivity contribution in [3.8, 4) is 0 Å². The molecule has 0 aliphatic rings. The van der Waals surface area contributed by atoms with Crippen molar-refractivity contribution >= 4 is 0 Å². The van der Waals surface area contributed by atoms with Crippen molar-refractivity contribution in [1.29, 1.82) is 0 Å². The monoisotopic (exact) mass is 265 g/mol. The second-order valence-electron chi connectivity index (χ2n) is 4.50. The Morgan fingerprint density at radius 1 is 1.22 bits per heavy atom. The SMILES string of the molecule is CC(C)[C@H](O)[C@H](N)c1ccc(C(F)(F)F)c(F)c1. The molecule has 0 saturated heterocycles. The lowest BCUT2D eigenvalue weighted by Crippen LogP contribution is -2.30. The minimum Gasteiger partial charge on any atom is -0.391 e. The van der Waals surface area contributed by atoms with Gasteiger partial charge in [0.2, 0.25) is 0 Å². The highest BCUT2D eigenvalue weighted by Crippen LogP contribution is 2.32. The number of hydrogen-bond donors (Lipinski definition) is 2. The smallest absolute Gasteiger partial charge is 0.391 e. The fraction of sp³-hybridized carbons (Fsp3) is 0.500. The standard InChI is InChI=1S/C12H15F4NO/c1-6(2)11(18)10(17)7-3-4-8(9(13)5-7)12(14,15)16/h3-6,10-11,18H,17H2,1-2H3/t10-,11+/m1/s1. The second kappa shape index (κ2) is 5.24. The van der Waals surface area contributed by atoms with Crippen molar-refractivity contribution in [2.24, 2.45) is 11.7 Å². The highest BCUT2D eigenvalue weighted by molar-refractivity contribution is 5.29. The Kier molecular flexibility index (Phi) is 4.34. The number of halogens is 4. The number of nitrogens with two attached hydrogens (primary N) is 1. The van der Waals surface area contributed by atoms with E-state index in [1.54, 1.807) is 13.8 Å². The number of aliphatic hydroxyl groups is 1. The Balaban J connectivity index is 3.05. The normalized spacial score (nSPS) is 15.8. The first-order valence-corrected chi connectivity index (χ1v) is 5.45. The van der Waals surface area contributed by atoms with Crippen LogP contribution in [0.3, 0.4) is 0 Å². The largest absolute Gasteiger partial charge is 0.419 e. The van der Waals surface area contributed by atoms with Crippen molar-refractivity contribution < 1.29 is 22.7 Å². The van der Waals surface area contributed by atoms with E-state index in [9.17, 15) is 22.7 Å². The first-order chi connectivity index (χ1) is 8.14. The molecule has 0 spiro atoms. The van der Waals surface area contributed by atoms with E-state index in [1.165, 1.54) is 0 Å². The van der Waals surface area contributed by atoms with Gasteiger partial charge in [0.1, 0.15) is 5.82 Å². The molecule has 0 amide bonds. The van der Waals surface area contributed by atoms with Gasteiger partial charge in [-0.05, 0) is 23.6 Å². The number of rotatable bonds is 3. The number of aliphatic hydroxyl groups excluding tert-OH is 1. The molecule has 0 radical (unpaired) electrons. The highest BCUT2D eigenvalue weighted by Gasteiger charge is 2.34. The average Bonchev–Trinajstić information content (AvgIpc) is 2.24. The van der Waals surface area contributed by atoms with Gasteiger partial charge in [-0.2, -0.15) is 13.2 Å². The molecule has 6 heteroatoms. The lowest BCUT2D eigenvalue weighted by Gasteiger charge is -2.23. The van der Waals surface area contributed by atoms with Crippen LogP contribution in [0.5, 0.6) is 0 Å². The molecule has 2 nitrogen and oxygen atoms in total. The van der Waals surface area contributed by atoms with Crippen LogP contribution in [0.2, 0.25) is 0 Å². The molecule has 102 valence electrons. The van der Waals surface area contributed by atoms with Crippen LogP contribution in [0.1, 0.15) is 31.0 Å². The molecule has 1 aromatic carbocycles. The molecule has 0 aliphatic heterocycles. The van der Waals surface area contributed by atoms with E-state index < -0.39 is 29.7 Å². The van der Waals surface area contributed by atoms with E-state index >= 15 is 0 Å². The maximum atomic E-state index is 13.3. The molecular weight excluding hydrogens is 250 g/mol. The summed E-state index contributed by atoms with van der Waals surface area (Å²) < 4.78 is 50.4. The van der Waals surface area contributed by atoms with E-state index in [-0.39, 0.29) is 11.5 Å². The van der Waals surface area contributed by atoms with Crippen LogP contribution in [0.25, 0.3) is 0 Å². The number of alkyl halides is 3. The minimum atomic E-state index is -4.73. The van der Waals surface area contributed by atoms with Crippen LogP contribution >= 0.6 is 0 Å². The van der Waals surface area contributed by atoms with E-state index in [0.29, 0.717) is 6.07 Å². The fourth-order valence-corrected chi connectivity index (χ4v) is 1.58. The molecule has 0 aliphatic carbocycles. The van der Waals surface area contributed by atoms with Gasteiger partial charge in [0.15, 0.2) is 0 Å². The summed E-state index contributed by atoms with van der Waals surface area (Å²) in [5.41, 5.74) is 4.47. The maximum Gasteiger partial charge on any atom is 0.419 e. The third-order valence-electron chi connectivity index (χ3n) is 2.73. The molecule has 0 unspecified atom stereocenters. The highest BCUT2D eigenvalue weighted by atomic mass is 19.4. The zero-order valence-corrected chi connectivity index (χ0v) is 10.0. The molecule has 0 aromatic heterocycles. The molecule has 0 bridgehead atoms. The van der Waals surface area contributed by atoms with E-state index in [1.807, 2.05) is 0 Å². The van der Waals surface area contributed by atoms with Gasteiger partial charge in [-0.1, -0.05) is 19.9 Å². The van der Waals surface area contributed by atoms with Crippen molar-refractivity contribution in [3.63, 3.8) is 0 Å². The van der Waals surface area contributed by atoms with E-state index in [0.717, 1.165) is 12.1 Å². The Bertz CT molecular complexity index is 417. The van der Waals surface area contributed by atoms with Gasteiger partial charge in [0, 0.05) is 0 Å². The second-order valence-corrected chi connectivity index (χ2v) is 4.50. The van der Waals surface area contributed by atoms with Crippen LogP contribution in [-0.2, 0) is 6.18 Å². The Morgan fingerprint density at radius 2 is 1.78 bits per heavy atom. The molecule has 0 fully saturated rings. The molecule has 18 heavy (non-hydrogen) atoms. The summed E-state index contributed by atoms with van der Waals surface area (Å²) in [6, 6.07) is 1.53. The van der Waals surface area contributed by atoms with E-state index in [2.05, 4.69) is 0 Å². The molecule has 2 atom stereocenters. The zero-order valence-electron chi connectivity index (χ0n) is 10.0. The Hall–Kier alpha value is -1.14. The molecule has 1 rings (SSSR count). The van der Waals surface area contributed by atoms with Gasteiger partial charge < -0.3 is 10.8 Å². The summed E-state index contributed by atoms with van der Waals surface area (Å²) in [7, 11) is 0. The van der Waals surface area contributed by atoms with Crippen molar-refractivity contribution in [1.82, 2.24) is 0 Å². The minimum absolute atomic E-state index is 0.140. The van der Waals surface area contributed by atoms with Crippen LogP contribution in [-0.4, -0.2) is 11.2 Å². The van der Waals surface area contributed by atoms with Gasteiger partial charge in [0.05, 0.1) is 17.7 Å². The van der Waals surface area contributed by atoms with Gasteiger partial charge in [-0.3, -0.25) is 0 Å². The van der Waals surface area contributed by atoms with Gasteiger partial charge in [0.25, 0.3) is 0 Å². The molecule has 0 heterocycles. The summed E-state index contributed by atoms with van der Waals surface area (Å²) in [6.07, 6.45) is -5.68. The third kappa shape index (κ3) is 3.20. The van der Waals surface area contributed by atoms with Crippen LogP contribution in [0.4, 0.5) is 17.6 Å². The summed E-state index contributed by atoms with van der Waals surface area (Å²) in [5, 5.41) is 9.70. The maximum absolute atomic E-state index is 13.3. The summed E-state index contributed by atoms with van der Waals surface area (Å²) in [6.45, 7) is 3.43. The predicted octanol–water partition coefficient (Wildman–Crippen LogP) is 2.86. The van der Waals surface area contributed by atoms with Crippen molar-refractivity contribution in [2.45, 2.75) is 32.2 Å². The topological polar surface area (TPSA) is 46.2 Å². The summed E-state index contributed by atoms with van der Waals surface area (Å²) >= 11 is 0. The van der Waals surface area contributed by atoms with Gasteiger partial charge in [-0.25, -0.2) is 4.39 Å². The molecule has 3 N–H and O–H groups in total. The lowest BCUT2D eigenvalue weighted by molar-refractivity contribution is -0.140. The van der Waals surface area contributed by atoms with Crippen LogP contribution < -0.4 is 5.73 Å². The Labute approximate surface area is 102 Å². The predicted molar refractivity (Wildman–Crippen MR) is 59.2 cm³/mol. The zero-order chi connectivity index (χ0) is 14.1. The van der Waals surface area contributed by atoms with E-state index in [4.69, 9.17) is 5.73 Å². The van der Waals surface area contributed by atoms with Crippen LogP contribution in [0.15, 0.2) is 18.2 Å². The van der Waals surface area contributed by atoms with Gasteiger partial charge in [-0.15, -0.1) is 0 Å². The first kappa shape index (κ1) is 14.9. The molecular formula is C12H15F4NO. The number of hydrogen-bond acceptors (Lipinski definition) is 2. The van der Waals surface area contributed by atoms with Crippen LogP contribution in [0, 0.1) is 11.7 Å². The first-order valence-electron chi connectivity index (χ1n) is 5.45. The van der Waals surface area contributed by atoms with Gasteiger partial charge >= 0.3 is 6.18 Å². The fourth-order valence-electron chi connectivity index (χ4n) is 1.58. The molecule has 1 aromatic rings. The van der Waals surface area contributed by atoms with Crippen molar-refractivity contribution in [2.75, 3.05) is 0 Å².